The van der Waals surface area contributed by atoms with Gasteiger partial charge in [0.2, 0.25) is 5.91 Å². The molecule has 2 aromatic carbocycles. The lowest BCUT2D eigenvalue weighted by molar-refractivity contribution is -0.127. The smallest absolute Gasteiger partial charge is 0.234 e. The molecule has 1 heterocycles. The molecule has 0 radical (unpaired) electrons. The van der Waals surface area contributed by atoms with E-state index in [1.165, 1.54) is 0 Å². The Morgan fingerprint density at radius 1 is 1.00 bits per heavy atom. The molecule has 9 heteroatoms. The zero-order valence-corrected chi connectivity index (χ0v) is 19.4. The molecule has 164 valence electrons. The third-order valence-corrected chi connectivity index (χ3v) is 5.61. The van der Waals surface area contributed by atoms with Crippen LogP contribution in [0.4, 0.5) is 0 Å². The van der Waals surface area contributed by atoms with Gasteiger partial charge in [-0.1, -0.05) is 53.0 Å². The minimum absolute atomic E-state index is 0. The average molecular weight is 492 g/mol. The summed E-state index contributed by atoms with van der Waals surface area (Å²) in [6.07, 6.45) is 1.00. The Bertz CT molecular complexity index is 830. The van der Waals surface area contributed by atoms with Crippen molar-refractivity contribution in [3.05, 3.63) is 63.1 Å². The Balaban J connectivity index is 0.00000320. The number of carbonyl (C=O) groups is 1. The highest BCUT2D eigenvalue weighted by molar-refractivity contribution is 6.35. The molecule has 1 amide bonds. The van der Waals surface area contributed by atoms with Gasteiger partial charge in [-0.05, 0) is 36.2 Å². The Kier molecular flexibility index (Phi) is 10.5. The van der Waals surface area contributed by atoms with Crippen molar-refractivity contribution in [1.82, 2.24) is 15.3 Å². The van der Waals surface area contributed by atoms with E-state index in [9.17, 15) is 4.79 Å². The van der Waals surface area contributed by atoms with Crippen molar-refractivity contribution >= 4 is 40.7 Å². The molecule has 0 saturated carbocycles. The number of halogens is 4. The van der Waals surface area contributed by atoms with Gasteiger partial charge in [0, 0.05) is 49.2 Å². The number of amides is 1. The number of ether oxygens (including phenoxy) is 1. The molecule has 0 spiro atoms. The first-order valence-corrected chi connectivity index (χ1v) is 10.7. The summed E-state index contributed by atoms with van der Waals surface area (Å²) < 4.78 is 5.61. The van der Waals surface area contributed by atoms with Gasteiger partial charge in [0.05, 0.1) is 11.6 Å². The predicted octanol–water partition coefficient (Wildman–Crippen LogP) is 1.66. The van der Waals surface area contributed by atoms with Crippen LogP contribution in [0.5, 0.6) is 5.75 Å². The summed E-state index contributed by atoms with van der Waals surface area (Å²) in [4.78, 5) is 14.5. The topological polar surface area (TPSA) is 44.8 Å². The van der Waals surface area contributed by atoms with E-state index in [1.54, 1.807) is 18.2 Å². The number of hydrazine groups is 1. The molecule has 30 heavy (non-hydrogen) atoms. The van der Waals surface area contributed by atoms with Crippen LogP contribution in [0.25, 0.3) is 0 Å². The lowest BCUT2D eigenvalue weighted by atomic mass is 10.2. The summed E-state index contributed by atoms with van der Waals surface area (Å²) in [5, 5.41) is 3.80. The molecule has 3 rings (SSSR count). The quantitative estimate of drug-likeness (QED) is 0.570. The third kappa shape index (κ3) is 7.80. The molecule has 0 aromatic heterocycles. The van der Waals surface area contributed by atoms with Crippen LogP contribution < -0.4 is 22.6 Å². The van der Waals surface area contributed by atoms with Gasteiger partial charge in [-0.2, -0.15) is 0 Å². The number of carbonyl (C=O) groups excluding carboxylic acids is 1. The van der Waals surface area contributed by atoms with E-state index in [-0.39, 0.29) is 18.3 Å². The van der Waals surface area contributed by atoms with Crippen LogP contribution in [-0.4, -0.2) is 48.6 Å². The summed E-state index contributed by atoms with van der Waals surface area (Å²) in [7, 11) is 0. The lowest BCUT2D eigenvalue weighted by Gasteiger charge is -2.34. The molecule has 1 aliphatic heterocycles. The van der Waals surface area contributed by atoms with Crippen molar-refractivity contribution < 1.29 is 21.9 Å². The van der Waals surface area contributed by atoms with Gasteiger partial charge in [0.25, 0.3) is 0 Å². The van der Waals surface area contributed by atoms with Crippen LogP contribution in [0.2, 0.25) is 15.1 Å². The summed E-state index contributed by atoms with van der Waals surface area (Å²) in [6.45, 7) is 4.57. The molecule has 1 saturated heterocycles. The van der Waals surface area contributed by atoms with Gasteiger partial charge in [-0.25, -0.2) is 5.01 Å². The van der Waals surface area contributed by atoms with E-state index in [2.05, 4.69) is 16.4 Å². The lowest BCUT2D eigenvalue weighted by Crippen LogP contribution is -3.00. The van der Waals surface area contributed by atoms with E-state index >= 15 is 0 Å². The molecular formula is C21H24Cl4N3O2-. The summed E-state index contributed by atoms with van der Waals surface area (Å²) in [5.74, 6) is 0.571. The van der Waals surface area contributed by atoms with Gasteiger partial charge in [0.1, 0.15) is 5.75 Å². The van der Waals surface area contributed by atoms with Crippen LogP contribution in [-0.2, 0) is 11.3 Å². The first-order chi connectivity index (χ1) is 14.0. The first kappa shape index (κ1) is 25.1. The Morgan fingerprint density at radius 3 is 2.43 bits per heavy atom. The van der Waals surface area contributed by atoms with Crippen LogP contribution in [0, 0.1) is 0 Å². The van der Waals surface area contributed by atoms with Gasteiger partial charge in [0.15, 0.2) is 0 Å². The second kappa shape index (κ2) is 12.6. The minimum atomic E-state index is -0.00430. The fourth-order valence-electron chi connectivity index (χ4n) is 3.12. The molecule has 0 bridgehead atoms. The van der Waals surface area contributed by atoms with E-state index < -0.39 is 0 Å². The van der Waals surface area contributed by atoms with Crippen molar-refractivity contribution in [2.75, 3.05) is 32.8 Å². The highest BCUT2D eigenvalue weighted by atomic mass is 35.5. The molecule has 1 aliphatic rings. The van der Waals surface area contributed by atoms with Crippen LogP contribution in [0.15, 0.2) is 42.5 Å². The fourth-order valence-corrected chi connectivity index (χ4v) is 3.78. The minimum Gasteiger partial charge on any atom is -1.00 e. The van der Waals surface area contributed by atoms with Crippen molar-refractivity contribution in [1.29, 1.82) is 0 Å². The molecule has 0 atom stereocenters. The van der Waals surface area contributed by atoms with E-state index in [0.717, 1.165) is 43.3 Å². The Labute approximate surface area is 198 Å². The Hall–Kier alpha value is -1.21. The standard InChI is InChI=1S/C21H24Cl3N3O2.ClH/c22-17-7-8-20(19(24)14-17)29-13-3-6-21(28)25-27-11-9-26(10-12-27)15-16-4-1-2-5-18(16)23;/h1-2,4-5,7-8,14H,3,6,9-13,15H2,(H,25,28);1H/p-1. The number of hydrogen-bond donors (Lipinski definition) is 1. The number of nitrogens with zero attached hydrogens (tertiary/aromatic N) is 2. The molecular weight excluding hydrogens is 468 g/mol. The highest BCUT2D eigenvalue weighted by Gasteiger charge is 2.19. The van der Waals surface area contributed by atoms with Crippen molar-refractivity contribution in [3.63, 3.8) is 0 Å². The molecule has 1 fully saturated rings. The van der Waals surface area contributed by atoms with Crippen LogP contribution >= 0.6 is 34.8 Å². The van der Waals surface area contributed by atoms with Crippen molar-refractivity contribution in [2.45, 2.75) is 19.4 Å². The van der Waals surface area contributed by atoms with E-state index in [4.69, 9.17) is 39.5 Å². The largest absolute Gasteiger partial charge is 1.00 e. The van der Waals surface area contributed by atoms with Crippen molar-refractivity contribution in [2.24, 2.45) is 0 Å². The molecule has 2 aromatic rings. The summed E-state index contributed by atoms with van der Waals surface area (Å²) in [5.41, 5.74) is 4.11. The number of piperazine rings is 1. The zero-order chi connectivity index (χ0) is 20.6. The van der Waals surface area contributed by atoms with Crippen LogP contribution in [0.3, 0.4) is 0 Å². The Morgan fingerprint density at radius 2 is 1.73 bits per heavy atom. The van der Waals surface area contributed by atoms with Crippen molar-refractivity contribution in [3.8, 4) is 5.75 Å². The SMILES string of the molecule is O=C(CCCOc1ccc(Cl)cc1Cl)NN1CCN(Cc2ccccc2Cl)CC1.[Cl-]. The maximum atomic E-state index is 12.2. The monoisotopic (exact) mass is 490 g/mol. The van der Waals surface area contributed by atoms with Gasteiger partial charge >= 0.3 is 0 Å². The molecule has 0 aliphatic carbocycles. The van der Waals surface area contributed by atoms with Gasteiger partial charge < -0.3 is 17.1 Å². The third-order valence-electron chi connectivity index (χ3n) is 4.71. The molecule has 0 unspecified atom stereocenters. The average Bonchev–Trinajstić information content (AvgIpc) is 2.70. The second-order valence-corrected chi connectivity index (χ2v) is 8.17. The summed E-state index contributed by atoms with van der Waals surface area (Å²) in [6, 6.07) is 13.0. The number of rotatable bonds is 8. The van der Waals surface area contributed by atoms with E-state index in [1.807, 2.05) is 23.2 Å². The number of nitrogens with one attached hydrogen (secondary N) is 1. The predicted molar refractivity (Wildman–Crippen MR) is 118 cm³/mol. The first-order valence-electron chi connectivity index (χ1n) is 9.59. The van der Waals surface area contributed by atoms with Gasteiger partial charge in [-0.3, -0.25) is 15.1 Å². The normalized spacial score (nSPS) is 14.8. The van der Waals surface area contributed by atoms with Gasteiger partial charge in [-0.15, -0.1) is 0 Å². The van der Waals surface area contributed by atoms with E-state index in [0.29, 0.717) is 35.2 Å². The van der Waals surface area contributed by atoms with Crippen LogP contribution in [0.1, 0.15) is 18.4 Å². The maximum Gasteiger partial charge on any atom is 0.234 e. The molecule has 1 N–H and O–H groups in total. The second-order valence-electron chi connectivity index (χ2n) is 6.92. The fraction of sp³-hybridized carbons (Fsp3) is 0.381. The maximum absolute atomic E-state index is 12.2. The highest BCUT2D eigenvalue weighted by Crippen LogP contribution is 2.27. The molecule has 5 nitrogen and oxygen atoms in total. The number of benzene rings is 2. The zero-order valence-electron chi connectivity index (χ0n) is 16.4. The number of hydrogen-bond acceptors (Lipinski definition) is 4. The summed E-state index contributed by atoms with van der Waals surface area (Å²) >= 11 is 18.2.